The van der Waals surface area contributed by atoms with E-state index in [1.165, 1.54) is 16.9 Å². The van der Waals surface area contributed by atoms with Crippen molar-refractivity contribution in [1.29, 1.82) is 0 Å². The first-order valence-electron chi connectivity index (χ1n) is 7.90. The molecule has 0 aliphatic heterocycles. The van der Waals surface area contributed by atoms with Crippen LogP contribution in [0.3, 0.4) is 0 Å². The first-order chi connectivity index (χ1) is 12.1. The number of halogens is 1. The van der Waals surface area contributed by atoms with Crippen LogP contribution in [0.1, 0.15) is 11.1 Å². The predicted molar refractivity (Wildman–Crippen MR) is 105 cm³/mol. The highest BCUT2D eigenvalue weighted by Gasteiger charge is 2.13. The van der Waals surface area contributed by atoms with E-state index < -0.39 is 0 Å². The zero-order valence-electron chi connectivity index (χ0n) is 13.6. The van der Waals surface area contributed by atoms with Crippen molar-refractivity contribution in [1.82, 2.24) is 9.55 Å². The van der Waals surface area contributed by atoms with Gasteiger partial charge in [-0.25, -0.2) is 4.98 Å². The number of rotatable bonds is 3. The lowest BCUT2D eigenvalue weighted by molar-refractivity contribution is 0.750. The van der Waals surface area contributed by atoms with Gasteiger partial charge < -0.3 is 0 Å². The normalized spacial score (nSPS) is 11.1. The highest BCUT2D eigenvalue weighted by molar-refractivity contribution is 7.17. The molecule has 0 N–H and O–H groups in total. The van der Waals surface area contributed by atoms with Gasteiger partial charge in [0.25, 0.3) is 5.56 Å². The van der Waals surface area contributed by atoms with Gasteiger partial charge in [-0.2, -0.15) is 0 Å². The van der Waals surface area contributed by atoms with Gasteiger partial charge >= 0.3 is 0 Å². The summed E-state index contributed by atoms with van der Waals surface area (Å²) in [5.41, 5.74) is 4.91. The Hall–Kier alpha value is -2.43. The Bertz CT molecular complexity index is 1130. The van der Waals surface area contributed by atoms with Crippen LogP contribution in [-0.4, -0.2) is 9.55 Å². The molecule has 0 radical (unpaired) electrons. The van der Waals surface area contributed by atoms with Crippen molar-refractivity contribution in [2.24, 2.45) is 0 Å². The summed E-state index contributed by atoms with van der Waals surface area (Å²) in [6.45, 7) is 2.47. The van der Waals surface area contributed by atoms with Crippen LogP contribution in [-0.2, 0) is 6.54 Å². The lowest BCUT2D eigenvalue weighted by Crippen LogP contribution is -2.20. The second-order valence-electron chi connectivity index (χ2n) is 5.97. The minimum Gasteiger partial charge on any atom is -0.293 e. The molecule has 0 bridgehead atoms. The Morgan fingerprint density at radius 2 is 2.00 bits per heavy atom. The number of hydrogen-bond donors (Lipinski definition) is 0. The van der Waals surface area contributed by atoms with Gasteiger partial charge in [0.05, 0.1) is 18.4 Å². The summed E-state index contributed by atoms with van der Waals surface area (Å²) < 4.78 is 2.28. The number of fused-ring (bicyclic) bond motifs is 1. The highest BCUT2D eigenvalue weighted by Crippen LogP contribution is 2.31. The van der Waals surface area contributed by atoms with Crippen LogP contribution in [0, 0.1) is 6.92 Å². The molecule has 124 valence electrons. The van der Waals surface area contributed by atoms with Gasteiger partial charge in [-0.15, -0.1) is 11.3 Å². The summed E-state index contributed by atoms with van der Waals surface area (Å²) in [6, 6.07) is 15.8. The van der Waals surface area contributed by atoms with Gasteiger partial charge in [-0.05, 0) is 24.1 Å². The van der Waals surface area contributed by atoms with E-state index in [0.29, 0.717) is 16.3 Å². The third-order valence-corrected chi connectivity index (χ3v) is 5.50. The summed E-state index contributed by atoms with van der Waals surface area (Å²) >= 11 is 7.65. The molecule has 4 rings (SSSR count). The van der Waals surface area contributed by atoms with Crippen LogP contribution in [0.4, 0.5) is 0 Å². The molecule has 0 aliphatic carbocycles. The molecule has 2 aromatic heterocycles. The molecule has 0 aliphatic rings. The Balaban J connectivity index is 1.80. The lowest BCUT2D eigenvalue weighted by Gasteiger charge is -2.07. The largest absolute Gasteiger partial charge is 0.293 e. The third kappa shape index (κ3) is 2.99. The van der Waals surface area contributed by atoms with Crippen LogP contribution in [0.15, 0.2) is 65.0 Å². The van der Waals surface area contributed by atoms with E-state index in [-0.39, 0.29) is 5.56 Å². The smallest absolute Gasteiger partial charge is 0.271 e. The van der Waals surface area contributed by atoms with Crippen LogP contribution in [0.25, 0.3) is 21.3 Å². The van der Waals surface area contributed by atoms with E-state index in [2.05, 4.69) is 24.0 Å². The van der Waals surface area contributed by atoms with E-state index in [1.807, 2.05) is 41.8 Å². The van der Waals surface area contributed by atoms with Crippen LogP contribution < -0.4 is 5.56 Å². The van der Waals surface area contributed by atoms with Gasteiger partial charge in [0, 0.05) is 16.0 Å². The lowest BCUT2D eigenvalue weighted by atomic mass is 10.1. The predicted octanol–water partition coefficient (Wildman–Crippen LogP) is 5.14. The molecule has 0 amide bonds. The number of nitrogens with zero attached hydrogens (tertiary/aromatic N) is 2. The summed E-state index contributed by atoms with van der Waals surface area (Å²) in [4.78, 5) is 17.4. The maximum Gasteiger partial charge on any atom is 0.271 e. The number of aryl methyl sites for hydroxylation is 1. The van der Waals surface area contributed by atoms with Gasteiger partial charge in [-0.3, -0.25) is 9.36 Å². The van der Waals surface area contributed by atoms with E-state index in [9.17, 15) is 4.79 Å². The van der Waals surface area contributed by atoms with E-state index in [1.54, 1.807) is 10.9 Å². The molecule has 0 saturated heterocycles. The molecule has 0 atom stereocenters. The molecule has 2 heterocycles. The summed E-state index contributed by atoms with van der Waals surface area (Å²) in [6.07, 6.45) is 1.61. The van der Waals surface area contributed by atoms with Gasteiger partial charge in [0.15, 0.2) is 0 Å². The zero-order valence-corrected chi connectivity index (χ0v) is 15.1. The average Bonchev–Trinajstić information content (AvgIpc) is 3.04. The van der Waals surface area contributed by atoms with Gasteiger partial charge in [0.2, 0.25) is 0 Å². The SMILES string of the molecule is Cc1cccc(-c2csc3c(=O)n(Cc4ccccc4Cl)cnc23)c1. The number of benzene rings is 2. The van der Waals surface area contributed by atoms with E-state index in [4.69, 9.17) is 11.6 Å². The fourth-order valence-electron chi connectivity index (χ4n) is 2.88. The van der Waals surface area contributed by atoms with Crippen molar-refractivity contribution in [2.75, 3.05) is 0 Å². The molecule has 0 fully saturated rings. The second-order valence-corrected chi connectivity index (χ2v) is 7.25. The Kier molecular flexibility index (Phi) is 4.15. The molecule has 25 heavy (non-hydrogen) atoms. The summed E-state index contributed by atoms with van der Waals surface area (Å²) in [5.74, 6) is 0. The van der Waals surface area contributed by atoms with Crippen molar-refractivity contribution >= 4 is 33.2 Å². The molecule has 0 saturated carbocycles. The first-order valence-corrected chi connectivity index (χ1v) is 9.16. The molecule has 0 spiro atoms. The fourth-order valence-corrected chi connectivity index (χ4v) is 4.05. The monoisotopic (exact) mass is 366 g/mol. The molecule has 2 aromatic carbocycles. The second kappa shape index (κ2) is 6.47. The minimum atomic E-state index is -0.0335. The molecule has 0 unspecified atom stereocenters. The topological polar surface area (TPSA) is 34.9 Å². The maximum atomic E-state index is 12.8. The van der Waals surface area contributed by atoms with Crippen molar-refractivity contribution < 1.29 is 0 Å². The van der Waals surface area contributed by atoms with Gasteiger partial charge in [0.1, 0.15) is 4.70 Å². The standard InChI is InChI=1S/C20H15ClN2OS/c1-13-5-4-7-14(9-13)16-11-25-19-18(16)22-12-23(20(19)24)10-15-6-2-3-8-17(15)21/h2-9,11-12H,10H2,1H3. The number of thiophene rings is 1. The highest BCUT2D eigenvalue weighted by atomic mass is 35.5. The summed E-state index contributed by atoms with van der Waals surface area (Å²) in [5, 5.41) is 2.66. The van der Waals surface area contributed by atoms with Crippen LogP contribution in [0.2, 0.25) is 5.02 Å². The van der Waals surface area contributed by atoms with E-state index in [0.717, 1.165) is 22.2 Å². The van der Waals surface area contributed by atoms with Crippen molar-refractivity contribution in [2.45, 2.75) is 13.5 Å². The van der Waals surface area contributed by atoms with Crippen LogP contribution in [0.5, 0.6) is 0 Å². The molecular formula is C20H15ClN2OS. The molecule has 5 heteroatoms. The quantitative estimate of drug-likeness (QED) is 0.503. The van der Waals surface area contributed by atoms with Gasteiger partial charge in [-0.1, -0.05) is 59.6 Å². The maximum absolute atomic E-state index is 12.8. The molecule has 3 nitrogen and oxygen atoms in total. The Morgan fingerprint density at radius 1 is 1.16 bits per heavy atom. The van der Waals surface area contributed by atoms with E-state index >= 15 is 0 Å². The average molecular weight is 367 g/mol. The van der Waals surface area contributed by atoms with Crippen molar-refractivity contribution in [3.05, 3.63) is 86.7 Å². The van der Waals surface area contributed by atoms with Crippen LogP contribution >= 0.6 is 22.9 Å². The number of hydrogen-bond acceptors (Lipinski definition) is 3. The first kappa shape index (κ1) is 16.1. The van der Waals surface area contributed by atoms with Crippen molar-refractivity contribution in [3.8, 4) is 11.1 Å². The molecule has 4 aromatic rings. The van der Waals surface area contributed by atoms with Crippen molar-refractivity contribution in [3.63, 3.8) is 0 Å². The third-order valence-electron chi connectivity index (χ3n) is 4.17. The molecular weight excluding hydrogens is 352 g/mol. The Morgan fingerprint density at radius 3 is 2.80 bits per heavy atom. The Labute approximate surface area is 154 Å². The number of aromatic nitrogens is 2. The minimum absolute atomic E-state index is 0.0335. The zero-order chi connectivity index (χ0) is 17.4. The summed E-state index contributed by atoms with van der Waals surface area (Å²) in [7, 11) is 0. The fraction of sp³-hybridized carbons (Fsp3) is 0.100.